The van der Waals surface area contributed by atoms with E-state index in [2.05, 4.69) is 17.4 Å². The predicted octanol–water partition coefficient (Wildman–Crippen LogP) is 4.56. The molecule has 1 heterocycles. The van der Waals surface area contributed by atoms with Crippen molar-refractivity contribution in [1.82, 2.24) is 5.32 Å². The Morgan fingerprint density at radius 1 is 1.21 bits per heavy atom. The highest BCUT2D eigenvalue weighted by Gasteiger charge is 2.28. The third kappa shape index (κ3) is 3.02. The lowest BCUT2D eigenvalue weighted by atomic mass is 9.77. The molecule has 1 aromatic heterocycles. The second-order valence-corrected chi connectivity index (χ2v) is 5.62. The first-order valence-electron chi connectivity index (χ1n) is 6.84. The standard InChI is InChI=1S/C16H18ClNO/c17-14-8-6-13(7-9-14)16(12-3-1-4-12)18-11-15-5-2-10-19-15/h2,5-10,12,16,18H,1,3-4,11H2. The van der Waals surface area contributed by atoms with E-state index in [9.17, 15) is 0 Å². The maximum atomic E-state index is 5.97. The van der Waals surface area contributed by atoms with Crippen molar-refractivity contribution in [3.05, 3.63) is 59.0 Å². The quantitative estimate of drug-likeness (QED) is 0.865. The summed E-state index contributed by atoms with van der Waals surface area (Å²) < 4.78 is 5.39. The molecule has 19 heavy (non-hydrogen) atoms. The number of nitrogens with one attached hydrogen (secondary N) is 1. The van der Waals surface area contributed by atoms with Gasteiger partial charge in [0.25, 0.3) is 0 Å². The SMILES string of the molecule is Clc1ccc(C(NCc2ccco2)C2CCC2)cc1. The number of hydrogen-bond donors (Lipinski definition) is 1. The molecule has 1 aliphatic rings. The van der Waals surface area contributed by atoms with Crippen molar-refractivity contribution in [3.63, 3.8) is 0 Å². The van der Waals surface area contributed by atoms with Gasteiger partial charge in [-0.05, 0) is 48.6 Å². The summed E-state index contributed by atoms with van der Waals surface area (Å²) in [5.74, 6) is 1.72. The van der Waals surface area contributed by atoms with Crippen LogP contribution >= 0.6 is 11.6 Å². The van der Waals surface area contributed by atoms with Gasteiger partial charge in [0.15, 0.2) is 0 Å². The van der Waals surface area contributed by atoms with Crippen molar-refractivity contribution in [1.29, 1.82) is 0 Å². The molecule has 100 valence electrons. The van der Waals surface area contributed by atoms with Crippen LogP contribution in [0.25, 0.3) is 0 Å². The van der Waals surface area contributed by atoms with Crippen molar-refractivity contribution >= 4 is 11.6 Å². The third-order valence-electron chi connectivity index (χ3n) is 3.93. The summed E-state index contributed by atoms with van der Waals surface area (Å²) in [5, 5.41) is 4.42. The molecular weight excluding hydrogens is 258 g/mol. The van der Waals surface area contributed by atoms with E-state index in [-0.39, 0.29) is 0 Å². The second-order valence-electron chi connectivity index (χ2n) is 5.18. The number of furan rings is 1. The van der Waals surface area contributed by atoms with Crippen LogP contribution in [-0.4, -0.2) is 0 Å². The molecule has 1 aromatic carbocycles. The third-order valence-corrected chi connectivity index (χ3v) is 4.18. The van der Waals surface area contributed by atoms with Gasteiger partial charge in [0, 0.05) is 11.1 Å². The van der Waals surface area contributed by atoms with Crippen LogP contribution in [0.3, 0.4) is 0 Å². The lowest BCUT2D eigenvalue weighted by molar-refractivity contribution is 0.226. The molecule has 3 heteroatoms. The van der Waals surface area contributed by atoms with E-state index >= 15 is 0 Å². The van der Waals surface area contributed by atoms with Gasteiger partial charge < -0.3 is 9.73 Å². The van der Waals surface area contributed by atoms with Crippen molar-refractivity contribution < 1.29 is 4.42 Å². The van der Waals surface area contributed by atoms with E-state index in [0.717, 1.165) is 23.2 Å². The fraction of sp³-hybridized carbons (Fsp3) is 0.375. The molecular formula is C16H18ClNO. The van der Waals surface area contributed by atoms with Gasteiger partial charge in [-0.25, -0.2) is 0 Å². The van der Waals surface area contributed by atoms with Crippen LogP contribution in [0.1, 0.15) is 36.6 Å². The van der Waals surface area contributed by atoms with Crippen molar-refractivity contribution in [3.8, 4) is 0 Å². The average molecular weight is 276 g/mol. The first kappa shape index (κ1) is 12.8. The minimum atomic E-state index is 0.399. The smallest absolute Gasteiger partial charge is 0.117 e. The molecule has 1 saturated carbocycles. The summed E-state index contributed by atoms with van der Waals surface area (Å²) in [5.41, 5.74) is 1.32. The van der Waals surface area contributed by atoms with Gasteiger partial charge in [0.2, 0.25) is 0 Å². The van der Waals surface area contributed by atoms with Crippen LogP contribution in [-0.2, 0) is 6.54 Å². The molecule has 0 spiro atoms. The highest BCUT2D eigenvalue weighted by atomic mass is 35.5. The van der Waals surface area contributed by atoms with Gasteiger partial charge >= 0.3 is 0 Å². The van der Waals surface area contributed by atoms with Gasteiger partial charge in [-0.2, -0.15) is 0 Å². The van der Waals surface area contributed by atoms with Crippen molar-refractivity contribution in [2.45, 2.75) is 31.8 Å². The summed E-state index contributed by atoms with van der Waals surface area (Å²) in [6, 6.07) is 12.5. The Labute approximate surface area is 118 Å². The molecule has 2 nitrogen and oxygen atoms in total. The Kier molecular flexibility index (Phi) is 3.90. The Hall–Kier alpha value is -1.25. The zero-order valence-corrected chi connectivity index (χ0v) is 11.6. The number of halogens is 1. The summed E-state index contributed by atoms with van der Waals surface area (Å²) in [7, 11) is 0. The maximum absolute atomic E-state index is 5.97. The van der Waals surface area contributed by atoms with Crippen LogP contribution in [0.15, 0.2) is 47.1 Å². The molecule has 0 amide bonds. The van der Waals surface area contributed by atoms with E-state index in [1.54, 1.807) is 6.26 Å². The van der Waals surface area contributed by atoms with Gasteiger partial charge in [-0.3, -0.25) is 0 Å². The van der Waals surface area contributed by atoms with Crippen LogP contribution in [0.2, 0.25) is 5.02 Å². The summed E-state index contributed by atoms with van der Waals surface area (Å²) >= 11 is 5.97. The van der Waals surface area contributed by atoms with Gasteiger partial charge in [0.05, 0.1) is 12.8 Å². The minimum absolute atomic E-state index is 0.399. The highest BCUT2D eigenvalue weighted by Crippen LogP contribution is 2.38. The zero-order valence-electron chi connectivity index (χ0n) is 10.8. The van der Waals surface area contributed by atoms with Crippen molar-refractivity contribution in [2.75, 3.05) is 0 Å². The minimum Gasteiger partial charge on any atom is -0.468 e. The number of benzene rings is 1. The highest BCUT2D eigenvalue weighted by molar-refractivity contribution is 6.30. The number of hydrogen-bond acceptors (Lipinski definition) is 2. The molecule has 1 aliphatic carbocycles. The Morgan fingerprint density at radius 2 is 2.00 bits per heavy atom. The molecule has 1 N–H and O–H groups in total. The summed E-state index contributed by atoms with van der Waals surface area (Å²) in [6.07, 6.45) is 5.67. The molecule has 0 radical (unpaired) electrons. The summed E-state index contributed by atoms with van der Waals surface area (Å²) in [4.78, 5) is 0. The monoisotopic (exact) mass is 275 g/mol. The van der Waals surface area contributed by atoms with Gasteiger partial charge in [-0.1, -0.05) is 30.2 Å². The lowest BCUT2D eigenvalue weighted by Crippen LogP contribution is -2.31. The predicted molar refractivity (Wildman–Crippen MR) is 77.1 cm³/mol. The maximum Gasteiger partial charge on any atom is 0.117 e. The largest absolute Gasteiger partial charge is 0.468 e. The summed E-state index contributed by atoms with van der Waals surface area (Å²) in [6.45, 7) is 0.775. The topological polar surface area (TPSA) is 25.2 Å². The second kappa shape index (κ2) is 5.81. The van der Waals surface area contributed by atoms with Gasteiger partial charge in [-0.15, -0.1) is 0 Å². The van der Waals surface area contributed by atoms with E-state index < -0.39 is 0 Å². The Bertz CT molecular complexity index is 502. The molecule has 0 aliphatic heterocycles. The molecule has 1 fully saturated rings. The first-order valence-corrected chi connectivity index (χ1v) is 7.22. The molecule has 2 aromatic rings. The Morgan fingerprint density at radius 3 is 2.58 bits per heavy atom. The molecule has 1 atom stereocenters. The lowest BCUT2D eigenvalue weighted by Gasteiger charge is -2.34. The normalized spacial score (nSPS) is 17.1. The Balaban J connectivity index is 1.71. The van der Waals surface area contributed by atoms with E-state index in [1.165, 1.54) is 24.8 Å². The molecule has 1 unspecified atom stereocenters. The van der Waals surface area contributed by atoms with Crippen LogP contribution in [0.5, 0.6) is 0 Å². The fourth-order valence-corrected chi connectivity index (χ4v) is 2.75. The molecule has 3 rings (SSSR count). The van der Waals surface area contributed by atoms with E-state index in [4.69, 9.17) is 16.0 Å². The van der Waals surface area contributed by atoms with E-state index in [0.29, 0.717) is 6.04 Å². The van der Waals surface area contributed by atoms with Crippen LogP contribution < -0.4 is 5.32 Å². The van der Waals surface area contributed by atoms with Gasteiger partial charge in [0.1, 0.15) is 5.76 Å². The fourth-order valence-electron chi connectivity index (χ4n) is 2.62. The van der Waals surface area contributed by atoms with E-state index in [1.807, 2.05) is 24.3 Å². The average Bonchev–Trinajstić information content (AvgIpc) is 2.86. The molecule has 0 bridgehead atoms. The molecule has 0 saturated heterocycles. The van der Waals surface area contributed by atoms with Crippen LogP contribution in [0, 0.1) is 5.92 Å². The number of rotatable bonds is 5. The van der Waals surface area contributed by atoms with Crippen molar-refractivity contribution in [2.24, 2.45) is 5.92 Å². The first-order chi connectivity index (χ1) is 9.33. The van der Waals surface area contributed by atoms with Crippen LogP contribution in [0.4, 0.5) is 0 Å². The zero-order chi connectivity index (χ0) is 13.1.